The van der Waals surface area contributed by atoms with Crippen LogP contribution in [-0.4, -0.2) is 74.7 Å². The molecule has 1 unspecified atom stereocenters. The monoisotopic (exact) mass is 390 g/mol. The third kappa shape index (κ3) is 4.95. The molecule has 2 amide bonds. The Labute approximate surface area is 166 Å². The van der Waals surface area contributed by atoms with Crippen LogP contribution in [0.15, 0.2) is 18.2 Å². The van der Waals surface area contributed by atoms with Crippen LogP contribution in [0, 0.1) is 0 Å². The second kappa shape index (κ2) is 9.78. The van der Waals surface area contributed by atoms with Gasteiger partial charge in [0.25, 0.3) is 5.91 Å². The molecule has 0 spiro atoms. The number of aryl methyl sites for hydroxylation is 1. The van der Waals surface area contributed by atoms with Crippen LogP contribution in [0.2, 0.25) is 0 Å². The van der Waals surface area contributed by atoms with Gasteiger partial charge in [-0.05, 0) is 43.4 Å². The molecule has 2 aliphatic heterocycles. The lowest BCUT2D eigenvalue weighted by Gasteiger charge is -2.24. The molecule has 2 fully saturated rings. The molecule has 154 valence electrons. The fourth-order valence-corrected chi connectivity index (χ4v) is 3.81. The van der Waals surface area contributed by atoms with E-state index in [1.165, 1.54) is 0 Å². The highest BCUT2D eigenvalue weighted by atomic mass is 16.5. The fraction of sp³-hybridized carbons (Fsp3) is 0.619. The van der Waals surface area contributed by atoms with Crippen molar-refractivity contribution in [2.75, 3.05) is 47.0 Å². The van der Waals surface area contributed by atoms with Gasteiger partial charge in [-0.15, -0.1) is 0 Å². The maximum absolute atomic E-state index is 12.7. The molecule has 0 aromatic heterocycles. The molecule has 2 heterocycles. The third-order valence-electron chi connectivity index (χ3n) is 5.44. The van der Waals surface area contributed by atoms with Gasteiger partial charge in [0.2, 0.25) is 5.91 Å². The van der Waals surface area contributed by atoms with Crippen LogP contribution in [0.5, 0.6) is 11.5 Å². The van der Waals surface area contributed by atoms with Crippen molar-refractivity contribution in [3.05, 3.63) is 23.8 Å². The van der Waals surface area contributed by atoms with Crippen molar-refractivity contribution < 1.29 is 23.8 Å². The minimum atomic E-state index is -0.285. The predicted octanol–water partition coefficient (Wildman–Crippen LogP) is 1.88. The van der Waals surface area contributed by atoms with Gasteiger partial charge >= 0.3 is 0 Å². The number of ether oxygens (including phenoxy) is 3. The summed E-state index contributed by atoms with van der Waals surface area (Å²) in [7, 11) is 3.21. The molecule has 2 aliphatic rings. The number of amides is 2. The molecule has 0 radical (unpaired) electrons. The van der Waals surface area contributed by atoms with Crippen LogP contribution in [0.3, 0.4) is 0 Å². The molecule has 0 saturated carbocycles. The number of hydrogen-bond acceptors (Lipinski definition) is 5. The summed E-state index contributed by atoms with van der Waals surface area (Å²) in [4.78, 5) is 28.9. The molecule has 7 nitrogen and oxygen atoms in total. The van der Waals surface area contributed by atoms with Crippen molar-refractivity contribution in [2.45, 2.75) is 38.2 Å². The van der Waals surface area contributed by atoms with Crippen LogP contribution < -0.4 is 9.47 Å². The summed E-state index contributed by atoms with van der Waals surface area (Å²) < 4.78 is 16.1. The standard InChI is InChI=1S/C21H30N2O5/c1-26-17-8-6-16(15-19(17)27-2)7-9-20(24)22-10-4-11-23(13-12-22)21(25)18-5-3-14-28-18/h6,8,15,18H,3-5,7,9-14H2,1-2H3. The van der Waals surface area contributed by atoms with Crippen molar-refractivity contribution in [2.24, 2.45) is 0 Å². The second-order valence-electron chi connectivity index (χ2n) is 7.25. The molecule has 7 heteroatoms. The largest absolute Gasteiger partial charge is 0.493 e. The Hall–Kier alpha value is -2.28. The smallest absolute Gasteiger partial charge is 0.251 e. The average Bonchev–Trinajstić information content (AvgIpc) is 3.15. The van der Waals surface area contributed by atoms with Crippen molar-refractivity contribution in [1.82, 2.24) is 9.80 Å². The summed E-state index contributed by atoms with van der Waals surface area (Å²) in [5.74, 6) is 1.56. The van der Waals surface area contributed by atoms with E-state index in [2.05, 4.69) is 0 Å². The summed E-state index contributed by atoms with van der Waals surface area (Å²) in [5, 5.41) is 0. The Morgan fingerprint density at radius 3 is 2.50 bits per heavy atom. The number of nitrogens with zero attached hydrogens (tertiary/aromatic N) is 2. The Balaban J connectivity index is 1.50. The van der Waals surface area contributed by atoms with E-state index >= 15 is 0 Å². The number of hydrogen-bond donors (Lipinski definition) is 0. The fourth-order valence-electron chi connectivity index (χ4n) is 3.81. The van der Waals surface area contributed by atoms with Gasteiger partial charge in [0.1, 0.15) is 6.10 Å². The van der Waals surface area contributed by atoms with E-state index in [4.69, 9.17) is 14.2 Å². The number of carbonyl (C=O) groups excluding carboxylic acids is 2. The zero-order valence-corrected chi connectivity index (χ0v) is 16.8. The van der Waals surface area contributed by atoms with Crippen LogP contribution in [0.4, 0.5) is 0 Å². The SMILES string of the molecule is COc1ccc(CCC(=O)N2CCCN(C(=O)C3CCCO3)CC2)cc1OC. The number of carbonyl (C=O) groups is 2. The first-order valence-corrected chi connectivity index (χ1v) is 10.0. The summed E-state index contributed by atoms with van der Waals surface area (Å²) in [6, 6.07) is 5.73. The summed E-state index contributed by atoms with van der Waals surface area (Å²) >= 11 is 0. The summed E-state index contributed by atoms with van der Waals surface area (Å²) in [6.07, 6.45) is 3.37. The maximum Gasteiger partial charge on any atom is 0.251 e. The van der Waals surface area contributed by atoms with Gasteiger partial charge in [0.15, 0.2) is 11.5 Å². The van der Waals surface area contributed by atoms with E-state index in [9.17, 15) is 9.59 Å². The van der Waals surface area contributed by atoms with E-state index < -0.39 is 0 Å². The number of benzene rings is 1. The molecule has 3 rings (SSSR count). The molecule has 1 aromatic carbocycles. The zero-order valence-electron chi connectivity index (χ0n) is 16.8. The lowest BCUT2D eigenvalue weighted by molar-refractivity contribution is -0.141. The quantitative estimate of drug-likeness (QED) is 0.742. The first-order chi connectivity index (χ1) is 13.6. The van der Waals surface area contributed by atoms with E-state index in [0.717, 1.165) is 24.8 Å². The third-order valence-corrected chi connectivity index (χ3v) is 5.44. The van der Waals surface area contributed by atoms with E-state index in [1.807, 2.05) is 28.0 Å². The van der Waals surface area contributed by atoms with Crippen molar-refractivity contribution in [3.8, 4) is 11.5 Å². The molecule has 0 N–H and O–H groups in total. The highest BCUT2D eigenvalue weighted by molar-refractivity contribution is 5.81. The van der Waals surface area contributed by atoms with Gasteiger partial charge in [-0.1, -0.05) is 6.07 Å². The van der Waals surface area contributed by atoms with Gasteiger partial charge < -0.3 is 24.0 Å². The minimum Gasteiger partial charge on any atom is -0.493 e. The predicted molar refractivity (Wildman–Crippen MR) is 105 cm³/mol. The van der Waals surface area contributed by atoms with E-state index in [1.54, 1.807) is 14.2 Å². The molecule has 0 bridgehead atoms. The summed E-state index contributed by atoms with van der Waals surface area (Å²) in [6.45, 7) is 3.23. The van der Waals surface area contributed by atoms with Gasteiger partial charge in [-0.2, -0.15) is 0 Å². The van der Waals surface area contributed by atoms with Crippen LogP contribution >= 0.6 is 0 Å². The van der Waals surface area contributed by atoms with Gasteiger partial charge in [0, 0.05) is 39.2 Å². The molecular formula is C21H30N2O5. The Morgan fingerprint density at radius 1 is 1.04 bits per heavy atom. The lowest BCUT2D eigenvalue weighted by atomic mass is 10.1. The van der Waals surface area contributed by atoms with Crippen LogP contribution in [0.25, 0.3) is 0 Å². The van der Waals surface area contributed by atoms with Crippen LogP contribution in [-0.2, 0) is 20.7 Å². The molecule has 1 aromatic rings. The normalized spacial score (nSPS) is 20.0. The second-order valence-corrected chi connectivity index (χ2v) is 7.25. The Bertz CT molecular complexity index is 687. The van der Waals surface area contributed by atoms with Crippen molar-refractivity contribution >= 4 is 11.8 Å². The molecule has 28 heavy (non-hydrogen) atoms. The first-order valence-electron chi connectivity index (χ1n) is 10.0. The molecule has 1 atom stereocenters. The topological polar surface area (TPSA) is 68.3 Å². The minimum absolute atomic E-state index is 0.0807. The first kappa shape index (κ1) is 20.5. The summed E-state index contributed by atoms with van der Waals surface area (Å²) in [5.41, 5.74) is 1.04. The molecular weight excluding hydrogens is 360 g/mol. The highest BCUT2D eigenvalue weighted by Crippen LogP contribution is 2.28. The Morgan fingerprint density at radius 2 is 1.79 bits per heavy atom. The maximum atomic E-state index is 12.7. The van der Waals surface area contributed by atoms with Gasteiger partial charge in [-0.3, -0.25) is 9.59 Å². The van der Waals surface area contributed by atoms with E-state index in [0.29, 0.717) is 57.1 Å². The van der Waals surface area contributed by atoms with Gasteiger partial charge in [-0.25, -0.2) is 0 Å². The van der Waals surface area contributed by atoms with E-state index in [-0.39, 0.29) is 17.9 Å². The number of rotatable bonds is 6. The number of methoxy groups -OCH3 is 2. The highest BCUT2D eigenvalue weighted by Gasteiger charge is 2.30. The molecule has 0 aliphatic carbocycles. The van der Waals surface area contributed by atoms with Gasteiger partial charge in [0.05, 0.1) is 14.2 Å². The zero-order chi connectivity index (χ0) is 19.9. The average molecular weight is 390 g/mol. The van der Waals surface area contributed by atoms with Crippen molar-refractivity contribution in [1.29, 1.82) is 0 Å². The van der Waals surface area contributed by atoms with Crippen LogP contribution in [0.1, 0.15) is 31.2 Å². The molecule has 2 saturated heterocycles. The Kier molecular flexibility index (Phi) is 7.14. The lowest BCUT2D eigenvalue weighted by Crippen LogP contribution is -2.41. The van der Waals surface area contributed by atoms with Crippen molar-refractivity contribution in [3.63, 3.8) is 0 Å².